The highest BCUT2D eigenvalue weighted by Gasteiger charge is 2.47. The lowest BCUT2D eigenvalue weighted by atomic mass is 9.83. The number of hydrogen-bond acceptors (Lipinski definition) is 8. The summed E-state index contributed by atoms with van der Waals surface area (Å²) in [6.07, 6.45) is 3.27. The Balaban J connectivity index is 1.67. The van der Waals surface area contributed by atoms with Crippen molar-refractivity contribution in [3.63, 3.8) is 0 Å². The largest absolute Gasteiger partial charge is 0.487 e. The molecule has 8 heteroatoms. The minimum atomic E-state index is -1.43. The van der Waals surface area contributed by atoms with E-state index < -0.39 is 17.4 Å². The molecule has 0 saturated carbocycles. The van der Waals surface area contributed by atoms with Gasteiger partial charge in [-0.15, -0.1) is 0 Å². The summed E-state index contributed by atoms with van der Waals surface area (Å²) >= 11 is 0. The average molecular weight is 471 g/mol. The van der Waals surface area contributed by atoms with E-state index in [0.29, 0.717) is 32.1 Å². The summed E-state index contributed by atoms with van der Waals surface area (Å²) in [5.41, 5.74) is 1.75. The Hall–Kier alpha value is -3.13. The molecule has 1 aliphatic heterocycles. The molecule has 1 aromatic carbocycles. The summed E-state index contributed by atoms with van der Waals surface area (Å²) in [6, 6.07) is 10.1. The first-order valence-corrected chi connectivity index (χ1v) is 11.7. The molecule has 34 heavy (non-hydrogen) atoms. The normalized spacial score (nSPS) is 16.1. The predicted octanol–water partition coefficient (Wildman–Crippen LogP) is 3.70. The summed E-state index contributed by atoms with van der Waals surface area (Å²) in [5, 5.41) is 0. The van der Waals surface area contributed by atoms with Crippen LogP contribution in [-0.2, 0) is 30.4 Å². The second-order valence-corrected chi connectivity index (χ2v) is 8.57. The third kappa shape index (κ3) is 6.47. The third-order valence-electron chi connectivity index (χ3n) is 5.82. The number of rotatable bonds is 10. The highest BCUT2D eigenvalue weighted by Crippen LogP contribution is 2.31. The molecule has 184 valence electrons. The van der Waals surface area contributed by atoms with Crippen LogP contribution in [0.25, 0.3) is 0 Å². The molecule has 0 N–H and O–H groups in total. The number of esters is 2. The van der Waals surface area contributed by atoms with E-state index in [1.165, 1.54) is 5.56 Å². The maximum absolute atomic E-state index is 12.6. The van der Waals surface area contributed by atoms with Crippen molar-refractivity contribution in [1.82, 2.24) is 4.98 Å². The Morgan fingerprint density at radius 3 is 2.44 bits per heavy atom. The first-order valence-electron chi connectivity index (χ1n) is 11.7. The second kappa shape index (κ2) is 11.8. The molecule has 1 aromatic heterocycles. The van der Waals surface area contributed by atoms with E-state index in [1.807, 2.05) is 18.2 Å². The summed E-state index contributed by atoms with van der Waals surface area (Å²) < 4.78 is 22.2. The quantitative estimate of drug-likeness (QED) is 0.384. The molecule has 1 atom stereocenters. The van der Waals surface area contributed by atoms with Crippen molar-refractivity contribution in [2.75, 3.05) is 37.8 Å². The average Bonchev–Trinajstić information content (AvgIpc) is 2.84. The van der Waals surface area contributed by atoms with Gasteiger partial charge in [0.2, 0.25) is 0 Å². The van der Waals surface area contributed by atoms with Crippen LogP contribution in [0.3, 0.4) is 0 Å². The van der Waals surface area contributed by atoms with Gasteiger partial charge < -0.3 is 23.8 Å². The minimum absolute atomic E-state index is 0.165. The summed E-state index contributed by atoms with van der Waals surface area (Å²) in [4.78, 5) is 31.7. The van der Waals surface area contributed by atoms with Gasteiger partial charge in [-0.25, -0.2) is 0 Å². The van der Waals surface area contributed by atoms with Crippen LogP contribution in [0.5, 0.6) is 5.75 Å². The molecule has 2 heterocycles. The van der Waals surface area contributed by atoms with Gasteiger partial charge in [0.25, 0.3) is 0 Å². The van der Waals surface area contributed by atoms with E-state index in [0.717, 1.165) is 11.3 Å². The number of anilines is 1. The molecule has 1 aliphatic rings. The van der Waals surface area contributed by atoms with Crippen molar-refractivity contribution in [2.45, 2.75) is 46.8 Å². The van der Waals surface area contributed by atoms with Gasteiger partial charge in [-0.3, -0.25) is 14.6 Å². The number of ether oxygens (including phenoxy) is 4. The van der Waals surface area contributed by atoms with E-state index in [1.54, 1.807) is 33.2 Å². The lowest BCUT2D eigenvalue weighted by molar-refractivity contribution is -0.173. The van der Waals surface area contributed by atoms with Gasteiger partial charge in [0.05, 0.1) is 44.0 Å². The highest BCUT2D eigenvalue weighted by molar-refractivity contribution is 5.99. The summed E-state index contributed by atoms with van der Waals surface area (Å²) in [5.74, 6) is -0.520. The van der Waals surface area contributed by atoms with E-state index in [4.69, 9.17) is 18.9 Å². The number of carbonyl (C=O) groups excluding carboxylic acids is 2. The zero-order chi connectivity index (χ0) is 24.6. The van der Waals surface area contributed by atoms with Gasteiger partial charge in [0, 0.05) is 25.6 Å². The molecule has 1 fully saturated rings. The van der Waals surface area contributed by atoms with Crippen LogP contribution >= 0.6 is 0 Å². The van der Waals surface area contributed by atoms with Crippen molar-refractivity contribution < 1.29 is 28.5 Å². The Bertz CT molecular complexity index is 944. The van der Waals surface area contributed by atoms with Crippen molar-refractivity contribution in [3.8, 4) is 5.75 Å². The van der Waals surface area contributed by atoms with E-state index in [-0.39, 0.29) is 25.7 Å². The van der Waals surface area contributed by atoms with Gasteiger partial charge >= 0.3 is 11.9 Å². The van der Waals surface area contributed by atoms with Gasteiger partial charge in [-0.2, -0.15) is 0 Å². The van der Waals surface area contributed by atoms with Gasteiger partial charge in [0.15, 0.2) is 5.41 Å². The number of benzene rings is 1. The Morgan fingerprint density at radius 1 is 1.12 bits per heavy atom. The van der Waals surface area contributed by atoms with Crippen LogP contribution in [-0.4, -0.2) is 55.9 Å². The number of morpholine rings is 1. The molecule has 0 amide bonds. The monoisotopic (exact) mass is 470 g/mol. The smallest absolute Gasteiger partial charge is 0.323 e. The van der Waals surface area contributed by atoms with Crippen LogP contribution in [0.1, 0.15) is 38.3 Å². The molecule has 0 spiro atoms. The molecule has 1 saturated heterocycles. The lowest BCUT2D eigenvalue weighted by Gasteiger charge is -2.37. The molecular formula is C26H34N2O6. The van der Waals surface area contributed by atoms with Gasteiger partial charge in [-0.05, 0) is 33.3 Å². The second-order valence-electron chi connectivity index (χ2n) is 8.57. The number of hydrogen-bond donors (Lipinski definition) is 0. The predicted molar refractivity (Wildman–Crippen MR) is 128 cm³/mol. The first-order chi connectivity index (χ1) is 16.4. The van der Waals surface area contributed by atoms with Crippen LogP contribution in [0.4, 0.5) is 5.69 Å². The van der Waals surface area contributed by atoms with Crippen molar-refractivity contribution in [1.29, 1.82) is 0 Å². The van der Waals surface area contributed by atoms with Crippen LogP contribution in [0.15, 0.2) is 42.7 Å². The molecular weight excluding hydrogens is 436 g/mol. The molecule has 2 aromatic rings. The molecule has 0 radical (unpaired) electrons. The lowest BCUT2D eigenvalue weighted by Crippen LogP contribution is -2.48. The minimum Gasteiger partial charge on any atom is -0.487 e. The number of nitrogens with zero attached hydrogens (tertiary/aromatic N) is 2. The molecule has 0 unspecified atom stereocenters. The number of carbonyl (C=O) groups is 2. The van der Waals surface area contributed by atoms with E-state index in [9.17, 15) is 9.59 Å². The zero-order valence-corrected chi connectivity index (χ0v) is 20.4. The summed E-state index contributed by atoms with van der Waals surface area (Å²) in [6.45, 7) is 9.48. The highest BCUT2D eigenvalue weighted by atomic mass is 16.6. The maximum atomic E-state index is 12.6. The van der Waals surface area contributed by atoms with Crippen LogP contribution in [0, 0.1) is 12.3 Å². The fourth-order valence-corrected chi connectivity index (χ4v) is 3.87. The number of pyridine rings is 1. The fourth-order valence-electron chi connectivity index (χ4n) is 3.87. The van der Waals surface area contributed by atoms with Crippen LogP contribution in [0.2, 0.25) is 0 Å². The molecule has 0 aliphatic carbocycles. The first kappa shape index (κ1) is 25.5. The number of aromatic nitrogens is 1. The Kier molecular flexibility index (Phi) is 8.87. The zero-order valence-electron chi connectivity index (χ0n) is 20.4. The van der Waals surface area contributed by atoms with E-state index in [2.05, 4.69) is 28.9 Å². The van der Waals surface area contributed by atoms with Gasteiger partial charge in [0.1, 0.15) is 12.4 Å². The van der Waals surface area contributed by atoms with E-state index >= 15 is 0 Å². The number of aryl methyl sites for hydroxylation is 1. The fraction of sp³-hybridized carbons (Fsp3) is 0.500. The third-order valence-corrected chi connectivity index (χ3v) is 5.82. The Morgan fingerprint density at radius 2 is 1.79 bits per heavy atom. The van der Waals surface area contributed by atoms with Crippen molar-refractivity contribution in [3.05, 3.63) is 53.9 Å². The standard InChI is InChI=1S/C26H34N2O6/c1-5-31-24(29)26(4,25(30)32-6-2)14-23-17-28(11-12-33-23)21-13-22(16-27-15-21)34-18-20-9-7-19(3)8-10-20/h7-10,13,15-16,23H,5-6,11-12,14,17-18H2,1-4H3/t23-/m0/s1. The molecule has 0 bridgehead atoms. The van der Waals surface area contributed by atoms with Crippen LogP contribution < -0.4 is 9.64 Å². The molecule has 3 rings (SSSR count). The topological polar surface area (TPSA) is 87.2 Å². The maximum Gasteiger partial charge on any atom is 0.323 e. The SMILES string of the molecule is CCOC(=O)C(C)(C[C@H]1CN(c2cncc(OCc3ccc(C)cc3)c2)CCO1)C(=O)OCC. The van der Waals surface area contributed by atoms with Gasteiger partial charge in [-0.1, -0.05) is 29.8 Å². The Labute approximate surface area is 201 Å². The summed E-state index contributed by atoms with van der Waals surface area (Å²) in [7, 11) is 0. The van der Waals surface area contributed by atoms with Crippen molar-refractivity contribution in [2.24, 2.45) is 5.41 Å². The molecule has 8 nitrogen and oxygen atoms in total. The van der Waals surface area contributed by atoms with Crippen molar-refractivity contribution >= 4 is 17.6 Å².